The average Bonchev–Trinajstić information content (AvgIpc) is 3.40. The minimum absolute atomic E-state index is 0.201. The van der Waals surface area contributed by atoms with E-state index in [0.717, 1.165) is 91.2 Å². The molecule has 10 rings (SSSR count). The topological polar surface area (TPSA) is 147 Å². The summed E-state index contributed by atoms with van der Waals surface area (Å²) in [5.74, 6) is 4.05. The van der Waals surface area contributed by atoms with Crippen LogP contribution in [0.3, 0.4) is 0 Å². The van der Waals surface area contributed by atoms with Gasteiger partial charge in [0.1, 0.15) is 57.5 Å². The Hall–Kier alpha value is -8.34. The SMILES string of the molecule is Oc1ccc(CCOc2ccc(-c3ccc(OCCc4ccc(O)cc4)c(C(c4cc(-c5ccc(OCCc6ccc(O)cc6)cc5)ccc4OCCc4ccc(O)cc4)c4cc(I)cc(I)c4OCCc4ccc(O)cc4)c3)cc2)cc1. The summed E-state index contributed by atoms with van der Waals surface area (Å²) in [5, 5.41) is 49.9. The fraction of sp³-hybridized carbons (Fsp3) is 0.155. The van der Waals surface area contributed by atoms with Crippen molar-refractivity contribution in [1.29, 1.82) is 0 Å². The van der Waals surface area contributed by atoms with E-state index in [1.165, 1.54) is 0 Å². The van der Waals surface area contributed by atoms with E-state index < -0.39 is 5.92 Å². The molecule has 0 amide bonds. The molecule has 0 atom stereocenters. The van der Waals surface area contributed by atoms with Crippen LogP contribution in [0.5, 0.6) is 57.5 Å². The van der Waals surface area contributed by atoms with E-state index in [1.807, 2.05) is 84.9 Å². The molecule has 0 aliphatic heterocycles. The summed E-state index contributed by atoms with van der Waals surface area (Å²) >= 11 is 4.77. The second kappa shape index (κ2) is 28.1. The first-order valence-electron chi connectivity index (χ1n) is 27.5. The third-order valence-corrected chi connectivity index (χ3v) is 15.7. The number of aromatic hydroxyl groups is 5. The summed E-state index contributed by atoms with van der Waals surface area (Å²) in [6.45, 7) is 2.00. The van der Waals surface area contributed by atoms with E-state index in [9.17, 15) is 25.5 Å². The van der Waals surface area contributed by atoms with E-state index >= 15 is 0 Å². The van der Waals surface area contributed by atoms with Gasteiger partial charge in [0.05, 0.1) is 36.6 Å². The predicted molar refractivity (Wildman–Crippen MR) is 343 cm³/mol. The fourth-order valence-corrected chi connectivity index (χ4v) is 11.9. The zero-order chi connectivity index (χ0) is 57.5. The van der Waals surface area contributed by atoms with Crippen molar-refractivity contribution < 1.29 is 49.2 Å². The second-order valence-corrected chi connectivity index (χ2v) is 22.5. The summed E-state index contributed by atoms with van der Waals surface area (Å²) in [4.78, 5) is 0. The van der Waals surface area contributed by atoms with Gasteiger partial charge in [-0.05, 0) is 217 Å². The van der Waals surface area contributed by atoms with Gasteiger partial charge in [-0.1, -0.05) is 97.1 Å². The standard InChI is InChI=1S/C71H62I2O10/c72-56-45-66(71(67(73)46-56)83-42-37-51-9-25-61(78)26-10-51)70(64-43-54(15-31-68(64)81-40-35-49-5-21-59(76)22-6-49)52-11-27-62(28-12-52)79-38-33-47-1-17-57(74)18-2-47)65-44-55(16-32-69(65)82-41-36-50-7-23-60(77)24-8-50)53-13-29-63(30-14-53)80-39-34-48-3-19-58(75)20-4-48/h1-32,43-46,70,74-78H,33-42H2. The minimum Gasteiger partial charge on any atom is -0.508 e. The molecule has 0 unspecified atom stereocenters. The lowest BCUT2D eigenvalue weighted by Crippen LogP contribution is -2.14. The maximum absolute atomic E-state index is 10.1. The van der Waals surface area contributed by atoms with Gasteiger partial charge in [-0.15, -0.1) is 0 Å². The van der Waals surface area contributed by atoms with Crippen molar-refractivity contribution in [3.05, 3.63) is 270 Å². The lowest BCUT2D eigenvalue weighted by molar-refractivity contribution is 0.308. The molecule has 10 aromatic rings. The van der Waals surface area contributed by atoms with Gasteiger partial charge >= 0.3 is 0 Å². The number of ether oxygens (including phenoxy) is 5. The molecule has 5 N–H and O–H groups in total. The van der Waals surface area contributed by atoms with E-state index in [0.29, 0.717) is 76.6 Å². The number of phenolic OH excluding ortho intramolecular Hbond substituents is 5. The summed E-state index contributed by atoms with van der Waals surface area (Å²) in [7, 11) is 0. The highest BCUT2D eigenvalue weighted by Gasteiger charge is 2.30. The van der Waals surface area contributed by atoms with E-state index in [-0.39, 0.29) is 28.7 Å². The van der Waals surface area contributed by atoms with E-state index in [4.69, 9.17) is 23.7 Å². The fourth-order valence-electron chi connectivity index (χ4n) is 9.82. The van der Waals surface area contributed by atoms with Gasteiger partial charge in [0, 0.05) is 58.3 Å². The minimum atomic E-state index is -0.556. The highest BCUT2D eigenvalue weighted by Crippen LogP contribution is 2.48. The van der Waals surface area contributed by atoms with Gasteiger partial charge in [-0.25, -0.2) is 0 Å². The molecule has 0 heterocycles. The molecule has 0 aromatic heterocycles. The number of halogens is 2. The molecule has 0 aliphatic carbocycles. The van der Waals surface area contributed by atoms with Crippen molar-refractivity contribution in [3.8, 4) is 79.7 Å². The molecular formula is C71H62I2O10. The van der Waals surface area contributed by atoms with Crippen LogP contribution in [-0.2, 0) is 32.1 Å². The van der Waals surface area contributed by atoms with Crippen molar-refractivity contribution >= 4 is 45.2 Å². The van der Waals surface area contributed by atoms with Gasteiger partial charge in [0.15, 0.2) is 0 Å². The Morgan fingerprint density at radius 2 is 0.590 bits per heavy atom. The van der Waals surface area contributed by atoms with Gasteiger partial charge in [-0.2, -0.15) is 0 Å². The first kappa shape index (κ1) is 57.9. The Balaban J connectivity index is 1.08. The van der Waals surface area contributed by atoms with Crippen molar-refractivity contribution in [1.82, 2.24) is 0 Å². The maximum atomic E-state index is 10.1. The molecule has 83 heavy (non-hydrogen) atoms. The van der Waals surface area contributed by atoms with E-state index in [2.05, 4.69) is 118 Å². The lowest BCUT2D eigenvalue weighted by atomic mass is 9.81. The lowest BCUT2D eigenvalue weighted by Gasteiger charge is -2.28. The predicted octanol–water partition coefficient (Wildman–Crippen LogP) is 16.0. The third kappa shape index (κ3) is 16.0. The zero-order valence-electron chi connectivity index (χ0n) is 45.5. The molecule has 12 heteroatoms. The van der Waals surface area contributed by atoms with Crippen molar-refractivity contribution in [3.63, 3.8) is 0 Å². The van der Waals surface area contributed by atoms with Gasteiger partial charge in [-0.3, -0.25) is 0 Å². The molecule has 10 nitrogen and oxygen atoms in total. The Morgan fingerprint density at radius 1 is 0.289 bits per heavy atom. The largest absolute Gasteiger partial charge is 0.508 e. The number of hydrogen-bond acceptors (Lipinski definition) is 10. The molecular weight excluding hydrogens is 1270 g/mol. The molecule has 10 aromatic carbocycles. The van der Waals surface area contributed by atoms with Crippen LogP contribution >= 0.6 is 45.2 Å². The van der Waals surface area contributed by atoms with Crippen molar-refractivity contribution in [2.75, 3.05) is 33.0 Å². The number of phenols is 5. The quantitative estimate of drug-likeness (QED) is 0.0277. The van der Waals surface area contributed by atoms with Gasteiger partial charge in [0.25, 0.3) is 0 Å². The highest BCUT2D eigenvalue weighted by molar-refractivity contribution is 14.1. The zero-order valence-corrected chi connectivity index (χ0v) is 49.8. The monoisotopic (exact) mass is 1330 g/mol. The molecule has 0 bridgehead atoms. The summed E-state index contributed by atoms with van der Waals surface area (Å²) in [5.41, 5.74) is 11.7. The number of rotatable bonds is 25. The van der Waals surface area contributed by atoms with Crippen LogP contribution in [0.25, 0.3) is 22.3 Å². The molecule has 0 fully saturated rings. The average molecular weight is 1330 g/mol. The molecule has 0 aliphatic rings. The Labute approximate surface area is 511 Å². The second-order valence-electron chi connectivity index (χ2n) is 20.1. The maximum Gasteiger partial charge on any atom is 0.136 e. The Morgan fingerprint density at radius 3 is 0.928 bits per heavy atom. The van der Waals surface area contributed by atoms with Crippen LogP contribution in [0.2, 0.25) is 0 Å². The van der Waals surface area contributed by atoms with E-state index in [1.54, 1.807) is 60.7 Å². The van der Waals surface area contributed by atoms with Crippen LogP contribution in [0.15, 0.2) is 218 Å². The van der Waals surface area contributed by atoms with Crippen LogP contribution in [0.4, 0.5) is 0 Å². The molecule has 420 valence electrons. The summed E-state index contributed by atoms with van der Waals surface area (Å²) in [6, 6.07) is 69.2. The summed E-state index contributed by atoms with van der Waals surface area (Å²) in [6.07, 6.45) is 3.15. The van der Waals surface area contributed by atoms with Gasteiger partial charge < -0.3 is 49.2 Å². The Kier molecular flexibility index (Phi) is 19.6. The smallest absolute Gasteiger partial charge is 0.136 e. The Bertz CT molecular complexity index is 3510. The molecule has 0 radical (unpaired) electrons. The number of hydrogen-bond donors (Lipinski definition) is 5. The molecule has 0 saturated heterocycles. The summed E-state index contributed by atoms with van der Waals surface area (Å²) < 4.78 is 35.3. The highest BCUT2D eigenvalue weighted by atomic mass is 127. The number of benzene rings is 10. The first-order valence-corrected chi connectivity index (χ1v) is 29.6. The van der Waals surface area contributed by atoms with Crippen molar-refractivity contribution in [2.24, 2.45) is 0 Å². The van der Waals surface area contributed by atoms with Crippen LogP contribution in [0.1, 0.15) is 50.4 Å². The van der Waals surface area contributed by atoms with Crippen LogP contribution < -0.4 is 23.7 Å². The first-order chi connectivity index (χ1) is 40.5. The third-order valence-electron chi connectivity index (χ3n) is 14.3. The molecule has 0 saturated carbocycles. The normalized spacial score (nSPS) is 11.1. The van der Waals surface area contributed by atoms with Crippen LogP contribution in [0, 0.1) is 7.14 Å². The van der Waals surface area contributed by atoms with Crippen LogP contribution in [-0.4, -0.2) is 58.6 Å². The molecule has 0 spiro atoms. The van der Waals surface area contributed by atoms with Gasteiger partial charge in [0.2, 0.25) is 0 Å². The van der Waals surface area contributed by atoms with Crippen molar-refractivity contribution in [2.45, 2.75) is 38.0 Å².